The fourth-order valence-electron chi connectivity index (χ4n) is 3.38. The first kappa shape index (κ1) is 20.1. The quantitative estimate of drug-likeness (QED) is 0.741. The van der Waals surface area contributed by atoms with Gasteiger partial charge in [-0.3, -0.25) is 0 Å². The lowest BCUT2D eigenvalue weighted by Crippen LogP contribution is -2.49. The van der Waals surface area contributed by atoms with Gasteiger partial charge in [-0.25, -0.2) is 18.4 Å². The third kappa shape index (κ3) is 5.22. The van der Waals surface area contributed by atoms with Gasteiger partial charge < -0.3 is 9.80 Å². The van der Waals surface area contributed by atoms with Crippen LogP contribution in [0.15, 0.2) is 6.07 Å². The Morgan fingerprint density at radius 1 is 0.963 bits per heavy atom. The molecule has 0 bridgehead atoms. The average Bonchev–Trinajstić information content (AvgIpc) is 3.14. The van der Waals surface area contributed by atoms with Gasteiger partial charge >= 0.3 is 6.18 Å². The first-order valence-electron chi connectivity index (χ1n) is 9.04. The van der Waals surface area contributed by atoms with Crippen molar-refractivity contribution in [3.63, 3.8) is 0 Å². The monoisotopic (exact) mass is 407 g/mol. The summed E-state index contributed by atoms with van der Waals surface area (Å²) in [6.45, 7) is 4.83. The SMILES string of the molecule is Cc1nc(N2CCCC2)cc(N2CCN(S(=O)(=O)CCC(F)(F)F)CC2)n1. The fourth-order valence-corrected chi connectivity index (χ4v) is 4.84. The molecule has 2 fully saturated rings. The number of aryl methyl sites for hydroxylation is 1. The second kappa shape index (κ2) is 7.78. The maximum Gasteiger partial charge on any atom is 0.390 e. The Labute approximate surface area is 157 Å². The molecule has 0 aromatic carbocycles. The van der Waals surface area contributed by atoms with Crippen LogP contribution in [0.5, 0.6) is 0 Å². The van der Waals surface area contributed by atoms with E-state index in [1.807, 2.05) is 17.9 Å². The largest absolute Gasteiger partial charge is 0.390 e. The van der Waals surface area contributed by atoms with E-state index in [9.17, 15) is 21.6 Å². The van der Waals surface area contributed by atoms with E-state index in [-0.39, 0.29) is 13.1 Å². The summed E-state index contributed by atoms with van der Waals surface area (Å²) in [4.78, 5) is 13.1. The minimum absolute atomic E-state index is 0.155. The molecule has 0 atom stereocenters. The molecule has 27 heavy (non-hydrogen) atoms. The molecule has 2 aliphatic rings. The number of anilines is 2. The molecular formula is C16H24F3N5O2S. The average molecular weight is 407 g/mol. The second-order valence-corrected chi connectivity index (χ2v) is 8.98. The summed E-state index contributed by atoms with van der Waals surface area (Å²) in [6.07, 6.45) is -3.53. The smallest absolute Gasteiger partial charge is 0.356 e. The van der Waals surface area contributed by atoms with E-state index in [0.29, 0.717) is 18.9 Å². The first-order chi connectivity index (χ1) is 12.6. The summed E-state index contributed by atoms with van der Waals surface area (Å²) in [6, 6.07) is 1.91. The van der Waals surface area contributed by atoms with Crippen molar-refractivity contribution in [3.8, 4) is 0 Å². The zero-order valence-electron chi connectivity index (χ0n) is 15.2. The summed E-state index contributed by atoms with van der Waals surface area (Å²) in [5.74, 6) is 1.35. The third-order valence-electron chi connectivity index (χ3n) is 4.84. The van der Waals surface area contributed by atoms with E-state index in [0.717, 1.165) is 41.9 Å². The van der Waals surface area contributed by atoms with Gasteiger partial charge in [-0.15, -0.1) is 0 Å². The van der Waals surface area contributed by atoms with E-state index in [2.05, 4.69) is 14.9 Å². The van der Waals surface area contributed by atoms with Crippen LogP contribution in [-0.4, -0.2) is 73.9 Å². The zero-order valence-corrected chi connectivity index (χ0v) is 16.1. The van der Waals surface area contributed by atoms with Crippen LogP contribution in [0.1, 0.15) is 25.1 Å². The first-order valence-corrected chi connectivity index (χ1v) is 10.7. The standard InChI is InChI=1S/C16H24F3N5O2S/c1-13-20-14(22-5-2-3-6-22)12-15(21-13)23-7-9-24(10-8-23)27(25,26)11-4-16(17,18)19/h12H,2-11H2,1H3. The lowest BCUT2D eigenvalue weighted by Gasteiger charge is -2.35. The predicted molar refractivity (Wildman–Crippen MR) is 96.5 cm³/mol. The molecule has 3 rings (SSSR count). The van der Waals surface area contributed by atoms with Crippen LogP contribution in [0.25, 0.3) is 0 Å². The van der Waals surface area contributed by atoms with Crippen molar-refractivity contribution in [2.75, 3.05) is 54.8 Å². The number of halogens is 3. The molecule has 0 aliphatic carbocycles. The normalized spacial score (nSPS) is 19.7. The summed E-state index contributed by atoms with van der Waals surface area (Å²) >= 11 is 0. The minimum atomic E-state index is -4.47. The molecule has 152 valence electrons. The Balaban J connectivity index is 1.63. The lowest BCUT2D eigenvalue weighted by molar-refractivity contribution is -0.130. The number of piperazine rings is 1. The van der Waals surface area contributed by atoms with Gasteiger partial charge in [-0.1, -0.05) is 0 Å². The molecular weight excluding hydrogens is 383 g/mol. The van der Waals surface area contributed by atoms with Crippen molar-refractivity contribution in [2.45, 2.75) is 32.4 Å². The van der Waals surface area contributed by atoms with Crippen molar-refractivity contribution >= 4 is 21.7 Å². The second-order valence-electron chi connectivity index (χ2n) is 6.89. The van der Waals surface area contributed by atoms with Crippen LogP contribution in [0.3, 0.4) is 0 Å². The number of hydrogen-bond acceptors (Lipinski definition) is 6. The highest BCUT2D eigenvalue weighted by molar-refractivity contribution is 7.89. The van der Waals surface area contributed by atoms with Gasteiger partial charge in [0.1, 0.15) is 17.5 Å². The Morgan fingerprint density at radius 2 is 1.48 bits per heavy atom. The van der Waals surface area contributed by atoms with Gasteiger partial charge in [-0.05, 0) is 19.8 Å². The van der Waals surface area contributed by atoms with Gasteiger partial charge in [0.15, 0.2) is 0 Å². The number of alkyl halides is 3. The van der Waals surface area contributed by atoms with Crippen molar-refractivity contribution in [1.82, 2.24) is 14.3 Å². The fraction of sp³-hybridized carbons (Fsp3) is 0.750. The topological polar surface area (TPSA) is 69.6 Å². The molecule has 11 heteroatoms. The Morgan fingerprint density at radius 3 is 2.00 bits per heavy atom. The Hall–Kier alpha value is -1.62. The lowest BCUT2D eigenvalue weighted by atomic mass is 10.3. The molecule has 0 saturated carbocycles. The molecule has 2 saturated heterocycles. The van der Waals surface area contributed by atoms with Gasteiger partial charge in [0.25, 0.3) is 0 Å². The molecule has 0 N–H and O–H groups in total. The van der Waals surface area contributed by atoms with Crippen LogP contribution in [0.4, 0.5) is 24.8 Å². The molecule has 7 nitrogen and oxygen atoms in total. The van der Waals surface area contributed by atoms with Crippen molar-refractivity contribution < 1.29 is 21.6 Å². The van der Waals surface area contributed by atoms with Crippen LogP contribution >= 0.6 is 0 Å². The summed E-state index contributed by atoms with van der Waals surface area (Å²) in [7, 11) is -3.91. The molecule has 0 spiro atoms. The van der Waals surface area contributed by atoms with Crippen molar-refractivity contribution in [1.29, 1.82) is 0 Å². The zero-order chi connectivity index (χ0) is 19.7. The van der Waals surface area contributed by atoms with Gasteiger partial charge in [0.2, 0.25) is 10.0 Å². The van der Waals surface area contributed by atoms with Crippen LogP contribution in [-0.2, 0) is 10.0 Å². The maximum atomic E-state index is 12.3. The van der Waals surface area contributed by atoms with E-state index < -0.39 is 28.4 Å². The van der Waals surface area contributed by atoms with Crippen molar-refractivity contribution in [3.05, 3.63) is 11.9 Å². The van der Waals surface area contributed by atoms with Crippen molar-refractivity contribution in [2.24, 2.45) is 0 Å². The Bertz CT molecular complexity index is 758. The minimum Gasteiger partial charge on any atom is -0.356 e. The van der Waals surface area contributed by atoms with E-state index in [1.54, 1.807) is 0 Å². The summed E-state index contributed by atoms with van der Waals surface area (Å²) in [5, 5.41) is 0. The molecule has 0 unspecified atom stereocenters. The number of hydrogen-bond donors (Lipinski definition) is 0. The van der Waals surface area contributed by atoms with E-state index in [4.69, 9.17) is 0 Å². The molecule has 2 aliphatic heterocycles. The predicted octanol–water partition coefficient (Wildman–Crippen LogP) is 1.79. The Kier molecular flexibility index (Phi) is 5.80. The molecule has 0 radical (unpaired) electrons. The van der Waals surface area contributed by atoms with Gasteiger partial charge in [-0.2, -0.15) is 17.5 Å². The van der Waals surface area contributed by atoms with Gasteiger partial charge in [0.05, 0.1) is 12.2 Å². The summed E-state index contributed by atoms with van der Waals surface area (Å²) in [5.41, 5.74) is 0. The third-order valence-corrected chi connectivity index (χ3v) is 6.71. The maximum absolute atomic E-state index is 12.3. The van der Waals surface area contributed by atoms with E-state index in [1.165, 1.54) is 0 Å². The van der Waals surface area contributed by atoms with Crippen LogP contribution in [0.2, 0.25) is 0 Å². The highest BCUT2D eigenvalue weighted by Crippen LogP contribution is 2.25. The molecule has 0 amide bonds. The van der Waals surface area contributed by atoms with Gasteiger partial charge in [0, 0.05) is 45.3 Å². The number of sulfonamides is 1. The highest BCUT2D eigenvalue weighted by atomic mass is 32.2. The number of nitrogens with zero attached hydrogens (tertiary/aromatic N) is 5. The number of aromatic nitrogens is 2. The van der Waals surface area contributed by atoms with Crippen LogP contribution < -0.4 is 9.80 Å². The summed E-state index contributed by atoms with van der Waals surface area (Å²) < 4.78 is 62.4. The molecule has 3 heterocycles. The highest BCUT2D eigenvalue weighted by Gasteiger charge is 2.34. The van der Waals surface area contributed by atoms with E-state index >= 15 is 0 Å². The molecule has 1 aromatic rings. The van der Waals surface area contributed by atoms with Crippen LogP contribution in [0, 0.1) is 6.92 Å². The molecule has 1 aromatic heterocycles. The number of rotatable bonds is 5.